The molecule has 0 radical (unpaired) electrons. The fourth-order valence-corrected chi connectivity index (χ4v) is 3.86. The van der Waals surface area contributed by atoms with Gasteiger partial charge in [-0.2, -0.15) is 5.10 Å². The van der Waals surface area contributed by atoms with Crippen molar-refractivity contribution in [2.24, 2.45) is 0 Å². The highest BCUT2D eigenvalue weighted by Gasteiger charge is 2.17. The van der Waals surface area contributed by atoms with Crippen molar-refractivity contribution in [2.45, 2.75) is 12.5 Å². The van der Waals surface area contributed by atoms with E-state index in [9.17, 15) is 9.90 Å². The molecule has 1 amide bonds. The Morgan fingerprint density at radius 3 is 2.81 bits per heavy atom. The maximum Gasteiger partial charge on any atom is 0.251 e. The fourth-order valence-electron chi connectivity index (χ4n) is 3.58. The molecule has 0 bridgehead atoms. The Morgan fingerprint density at radius 1 is 1.19 bits per heavy atom. The van der Waals surface area contributed by atoms with Crippen LogP contribution in [0.25, 0.3) is 21.9 Å². The van der Waals surface area contributed by atoms with Crippen LogP contribution in [0.1, 0.15) is 28.4 Å². The van der Waals surface area contributed by atoms with Crippen molar-refractivity contribution < 1.29 is 14.6 Å². The van der Waals surface area contributed by atoms with Gasteiger partial charge >= 0.3 is 0 Å². The normalized spacial score (nSPS) is 12.0. The van der Waals surface area contributed by atoms with Crippen molar-refractivity contribution in [1.82, 2.24) is 15.5 Å². The number of amides is 1. The number of benzene rings is 3. The molecule has 0 aliphatic heterocycles. The topological polar surface area (TPSA) is 87.2 Å². The first-order valence-corrected chi connectivity index (χ1v) is 10.2. The number of nitrogens with zero attached hydrogens (tertiary/aromatic N) is 1. The monoisotopic (exact) mass is 435 g/mol. The van der Waals surface area contributed by atoms with Crippen LogP contribution in [0.2, 0.25) is 5.02 Å². The number of aliphatic hydroxyl groups is 1. The van der Waals surface area contributed by atoms with Crippen LogP contribution in [0.15, 0.2) is 67.0 Å². The van der Waals surface area contributed by atoms with E-state index >= 15 is 0 Å². The summed E-state index contributed by atoms with van der Waals surface area (Å²) in [5.74, 6) is 0.479. The smallest absolute Gasteiger partial charge is 0.251 e. The highest BCUT2D eigenvalue weighted by molar-refractivity contribution is 6.34. The van der Waals surface area contributed by atoms with Gasteiger partial charge in [0.2, 0.25) is 0 Å². The minimum atomic E-state index is -0.338. The second kappa shape index (κ2) is 9.20. The lowest BCUT2D eigenvalue weighted by molar-refractivity contribution is 0.0930. The molecule has 0 aliphatic carbocycles. The third kappa shape index (κ3) is 4.55. The van der Waals surface area contributed by atoms with E-state index < -0.39 is 0 Å². The first-order valence-electron chi connectivity index (χ1n) is 9.87. The molecule has 31 heavy (non-hydrogen) atoms. The molecule has 158 valence electrons. The minimum absolute atomic E-state index is 0.0492. The summed E-state index contributed by atoms with van der Waals surface area (Å²) in [5, 5.41) is 21.7. The number of nitrogens with one attached hydrogen (secondary N) is 2. The summed E-state index contributed by atoms with van der Waals surface area (Å²) < 4.78 is 5.28. The Morgan fingerprint density at radius 2 is 2.06 bits per heavy atom. The summed E-state index contributed by atoms with van der Waals surface area (Å²) in [4.78, 5) is 13.0. The van der Waals surface area contributed by atoms with Crippen LogP contribution in [0, 0.1) is 0 Å². The number of hydrogen-bond acceptors (Lipinski definition) is 4. The van der Waals surface area contributed by atoms with Crippen molar-refractivity contribution in [1.29, 1.82) is 0 Å². The second-order valence-corrected chi connectivity index (χ2v) is 7.60. The number of halogens is 1. The lowest BCUT2D eigenvalue weighted by atomic mass is 10.00. The summed E-state index contributed by atoms with van der Waals surface area (Å²) in [6, 6.07) is 16.5. The van der Waals surface area contributed by atoms with E-state index in [4.69, 9.17) is 16.3 Å². The van der Waals surface area contributed by atoms with Gasteiger partial charge in [0.1, 0.15) is 5.75 Å². The van der Waals surface area contributed by atoms with Gasteiger partial charge in [0.05, 0.1) is 19.3 Å². The van der Waals surface area contributed by atoms with Crippen molar-refractivity contribution >= 4 is 28.3 Å². The Balaban J connectivity index is 1.63. The third-order valence-corrected chi connectivity index (χ3v) is 5.53. The maximum absolute atomic E-state index is 13.0. The van der Waals surface area contributed by atoms with Gasteiger partial charge in [-0.3, -0.25) is 9.89 Å². The molecule has 1 unspecified atom stereocenters. The summed E-state index contributed by atoms with van der Waals surface area (Å²) >= 11 is 6.44. The highest BCUT2D eigenvalue weighted by Crippen LogP contribution is 2.32. The van der Waals surface area contributed by atoms with Crippen molar-refractivity contribution in [3.63, 3.8) is 0 Å². The number of hydrogen-bond donors (Lipinski definition) is 3. The molecule has 0 saturated heterocycles. The Hall–Kier alpha value is -3.35. The molecule has 0 aliphatic rings. The molecule has 0 saturated carbocycles. The lowest BCUT2D eigenvalue weighted by Gasteiger charge is -2.19. The van der Waals surface area contributed by atoms with E-state index in [1.54, 1.807) is 25.6 Å². The van der Waals surface area contributed by atoms with Gasteiger partial charge in [-0.15, -0.1) is 0 Å². The van der Waals surface area contributed by atoms with E-state index in [1.807, 2.05) is 48.5 Å². The molecule has 1 aromatic heterocycles. The van der Waals surface area contributed by atoms with E-state index in [2.05, 4.69) is 15.5 Å². The van der Waals surface area contributed by atoms with Crippen LogP contribution in [-0.4, -0.2) is 34.9 Å². The molecule has 1 atom stereocenters. The number of rotatable bonds is 7. The number of carbonyl (C=O) groups excluding carboxylic acids is 1. The zero-order chi connectivity index (χ0) is 21.8. The maximum atomic E-state index is 13.0. The zero-order valence-electron chi connectivity index (χ0n) is 16.9. The SMILES string of the molecule is COc1cccc(C(CCO)NC(=O)c2ccc3cc(Cl)c(-c4cn[nH]c4)cc3c2)c1. The number of methoxy groups -OCH3 is 1. The molecule has 4 aromatic rings. The first kappa shape index (κ1) is 20.9. The number of ether oxygens (including phenoxy) is 1. The highest BCUT2D eigenvalue weighted by atomic mass is 35.5. The molecule has 3 N–H and O–H groups in total. The van der Waals surface area contributed by atoms with Gasteiger partial charge < -0.3 is 15.2 Å². The molecule has 4 rings (SSSR count). The van der Waals surface area contributed by atoms with Gasteiger partial charge in [-0.25, -0.2) is 0 Å². The van der Waals surface area contributed by atoms with Crippen LogP contribution < -0.4 is 10.1 Å². The molecule has 0 fully saturated rings. The number of aromatic nitrogens is 2. The zero-order valence-corrected chi connectivity index (χ0v) is 17.7. The van der Waals surface area contributed by atoms with Gasteiger partial charge in [-0.1, -0.05) is 29.8 Å². The molecule has 0 spiro atoms. The molecular formula is C24H22ClN3O3. The molecule has 7 heteroatoms. The largest absolute Gasteiger partial charge is 0.497 e. The van der Waals surface area contributed by atoms with Gasteiger partial charge in [-0.05, 0) is 59.2 Å². The number of H-pyrrole nitrogens is 1. The molecule has 3 aromatic carbocycles. The standard InChI is InChI=1S/C24H22ClN3O3/c1-31-20-4-2-3-16(10-20)23(7-8-29)28-24(30)17-6-5-15-12-22(25)21(11-18(15)9-17)19-13-26-27-14-19/h2-6,9-14,23,29H,7-8H2,1H3,(H,26,27)(H,28,30). The van der Waals surface area contributed by atoms with E-state index in [-0.39, 0.29) is 18.6 Å². The predicted octanol–water partition coefficient (Wildman–Crippen LogP) is 4.75. The fraction of sp³-hybridized carbons (Fsp3) is 0.167. The molecular weight excluding hydrogens is 414 g/mol. The summed E-state index contributed by atoms with van der Waals surface area (Å²) in [6.07, 6.45) is 3.88. The van der Waals surface area contributed by atoms with Gasteiger partial charge in [0.15, 0.2) is 0 Å². The molecule has 1 heterocycles. The first-order chi connectivity index (χ1) is 15.1. The van der Waals surface area contributed by atoms with Crippen LogP contribution in [-0.2, 0) is 0 Å². The Kier molecular flexibility index (Phi) is 6.21. The van der Waals surface area contributed by atoms with E-state index in [0.717, 1.165) is 27.5 Å². The lowest BCUT2D eigenvalue weighted by Crippen LogP contribution is -2.29. The summed E-state index contributed by atoms with van der Waals surface area (Å²) in [5.41, 5.74) is 3.12. The van der Waals surface area contributed by atoms with Gasteiger partial charge in [0.25, 0.3) is 5.91 Å². The van der Waals surface area contributed by atoms with Gasteiger partial charge in [0, 0.05) is 34.5 Å². The van der Waals surface area contributed by atoms with Crippen molar-refractivity contribution in [2.75, 3.05) is 13.7 Å². The quantitative estimate of drug-likeness (QED) is 0.391. The average Bonchev–Trinajstić information content (AvgIpc) is 3.32. The molecule has 6 nitrogen and oxygen atoms in total. The van der Waals surface area contributed by atoms with Crippen LogP contribution in [0.3, 0.4) is 0 Å². The van der Waals surface area contributed by atoms with Crippen LogP contribution in [0.4, 0.5) is 0 Å². The van der Waals surface area contributed by atoms with Crippen molar-refractivity contribution in [3.8, 4) is 16.9 Å². The van der Waals surface area contributed by atoms with Crippen molar-refractivity contribution in [3.05, 3.63) is 83.1 Å². The summed E-state index contributed by atoms with van der Waals surface area (Å²) in [7, 11) is 1.60. The number of aromatic amines is 1. The van der Waals surface area contributed by atoms with Crippen LogP contribution in [0.5, 0.6) is 5.75 Å². The van der Waals surface area contributed by atoms with E-state index in [1.165, 1.54) is 0 Å². The van der Waals surface area contributed by atoms with E-state index in [0.29, 0.717) is 22.8 Å². The number of carbonyl (C=O) groups is 1. The second-order valence-electron chi connectivity index (χ2n) is 7.20. The minimum Gasteiger partial charge on any atom is -0.497 e. The number of aliphatic hydroxyl groups excluding tert-OH is 1. The van der Waals surface area contributed by atoms with Crippen LogP contribution >= 0.6 is 11.6 Å². The average molecular weight is 436 g/mol. The Bertz CT molecular complexity index is 1210. The number of fused-ring (bicyclic) bond motifs is 1. The third-order valence-electron chi connectivity index (χ3n) is 5.22. The predicted molar refractivity (Wildman–Crippen MR) is 121 cm³/mol. The summed E-state index contributed by atoms with van der Waals surface area (Å²) in [6.45, 7) is -0.0492. The Labute approximate surface area is 184 Å².